The number of pyridine rings is 6. The van der Waals surface area contributed by atoms with Gasteiger partial charge in [-0.1, -0.05) is 79.6 Å². The summed E-state index contributed by atoms with van der Waals surface area (Å²) in [5.41, 5.74) is 4.78. The molecule has 0 fully saturated rings. The number of nitrogens with one attached hydrogen (secondary N) is 2. The van der Waals surface area contributed by atoms with E-state index in [1.807, 2.05) is 82.2 Å². The molecule has 0 unspecified atom stereocenters. The van der Waals surface area contributed by atoms with Gasteiger partial charge in [-0.05, 0) is 127 Å². The predicted molar refractivity (Wildman–Crippen MR) is 434 cm³/mol. The van der Waals surface area contributed by atoms with Crippen molar-refractivity contribution >= 4 is 119 Å². The summed E-state index contributed by atoms with van der Waals surface area (Å²) in [7, 11) is 0. The van der Waals surface area contributed by atoms with Crippen LogP contribution < -0.4 is 60.8 Å². The number of halogens is 7. The molecule has 3 amide bonds. The fourth-order valence-corrected chi connectivity index (χ4v) is 9.78. The van der Waals surface area contributed by atoms with Crippen molar-refractivity contribution in [3.05, 3.63) is 155 Å². The first kappa shape index (κ1) is 110. The Balaban J connectivity index is -0.000000604. The minimum atomic E-state index is -0.546. The van der Waals surface area contributed by atoms with Crippen LogP contribution in [0.1, 0.15) is 185 Å². The zero-order chi connectivity index (χ0) is 80.0. The van der Waals surface area contributed by atoms with Gasteiger partial charge in [0.2, 0.25) is 5.24 Å². The van der Waals surface area contributed by atoms with Gasteiger partial charge in [0.15, 0.2) is 12.6 Å². The average molecular weight is 1810 g/mol. The van der Waals surface area contributed by atoms with Crippen LogP contribution in [-0.2, 0) is 51.7 Å². The molecule has 6 aromatic rings. The van der Waals surface area contributed by atoms with Crippen molar-refractivity contribution in [2.45, 2.75) is 175 Å². The number of aliphatic hydroxyl groups is 1. The zero-order valence-electron chi connectivity index (χ0n) is 65.0. The fraction of sp³-hybridized carbons (Fsp3) is 0.487. The second-order valence-electron chi connectivity index (χ2n) is 26.9. The number of amides is 3. The summed E-state index contributed by atoms with van der Waals surface area (Å²) >= 11 is 26.1. The van der Waals surface area contributed by atoms with Crippen LogP contribution in [0.4, 0.5) is 14.4 Å². The van der Waals surface area contributed by atoms with E-state index in [1.165, 1.54) is 37.9 Å². The number of hydrogen-bond donors (Lipinski definition) is 3. The van der Waals surface area contributed by atoms with Crippen molar-refractivity contribution < 1.29 is 98.3 Å². The van der Waals surface area contributed by atoms with Gasteiger partial charge in [-0.2, -0.15) is 10.5 Å². The number of aliphatic hydroxyl groups excluding tert-OH is 1. The number of carbonyl (C=O) groups is 6. The molecule has 610 valence electrons. The van der Waals surface area contributed by atoms with Gasteiger partial charge in [0.1, 0.15) is 89.5 Å². The molecular formula is C76H106Br3Cl4LiN13O14-. The maximum absolute atomic E-state index is 12.1. The molecule has 0 saturated heterocycles. The second kappa shape index (κ2) is 56.3. The van der Waals surface area contributed by atoms with Gasteiger partial charge in [0, 0.05) is 135 Å². The molecule has 3 N–H and O–H groups in total. The Kier molecular flexibility index (Phi) is 55.9. The van der Waals surface area contributed by atoms with Crippen LogP contribution in [-0.4, -0.2) is 168 Å². The van der Waals surface area contributed by atoms with E-state index in [0.717, 1.165) is 44.5 Å². The number of nitriles is 2. The minimum Gasteiger partial charge on any atom is -1.00 e. The van der Waals surface area contributed by atoms with Crippen molar-refractivity contribution in [2.75, 3.05) is 65.8 Å². The molecule has 0 aromatic carbocycles. The van der Waals surface area contributed by atoms with Crippen molar-refractivity contribution in [1.29, 1.82) is 10.5 Å². The van der Waals surface area contributed by atoms with Crippen molar-refractivity contribution in [1.82, 2.24) is 55.2 Å². The monoisotopic (exact) mass is 1810 g/mol. The zero-order valence-corrected chi connectivity index (χ0v) is 72.8. The molecule has 27 nitrogen and oxygen atoms in total. The van der Waals surface area contributed by atoms with E-state index in [-0.39, 0.29) is 71.5 Å². The standard InChI is InChI=1S/C14H17N3O3.C14H18N2O4.C13H17BrN2O3.C9H9N3O.C8H10BrClN2O.C6H3BrClNO.C5H12.C2H3ClO.C2H6.2CH4.CH3.ClH.Li/c1-14(2,3)20-13(18)17-4-5-19-12-10(6-15)7-16-8-11(12)9-17;1-14(2,3)20-13(18)16-4-5-19-12-10(8-16)6-15-7-11(12)9-17;1-13(2,3)19-12(17)16-4-5-18-11-9(8-16)6-15-7-10(11)14;10-3-7-4-12-6-8-5-11-1-2-13-9(7)8;9-7-5-12-4-6(8(7)10)3-11-1-2-13;7-5-2-9-1-4(3-10)6(5)8;1-5(2,3)4;1-2(3)4;1-2;;;;;/h7-8H,4-5,9H2,1-3H3;6-7,9H,4-5,8H2,1-3H3;6-7H,4-5,8H2,1-3H3;4,6,11H,1-2,5H2;4-5,11,13H,1-3H2;1-3H;1-4H3;1H3;1-2H3;2*1H4;1H3;1H;/q;;;;;;;;;;;-1;;+1/p-1. The Morgan fingerprint density at radius 2 is 0.892 bits per heavy atom. The summed E-state index contributed by atoms with van der Waals surface area (Å²) in [5.74, 6) is 2.44. The van der Waals surface area contributed by atoms with E-state index < -0.39 is 29.0 Å². The van der Waals surface area contributed by atoms with Gasteiger partial charge < -0.3 is 83.4 Å². The smallest absolute Gasteiger partial charge is 1.00 e. The Morgan fingerprint density at radius 1 is 0.559 bits per heavy atom. The largest absolute Gasteiger partial charge is 1.00 e. The molecule has 0 aliphatic carbocycles. The van der Waals surface area contributed by atoms with E-state index in [9.17, 15) is 28.8 Å². The van der Waals surface area contributed by atoms with Crippen LogP contribution in [0.5, 0.6) is 23.0 Å². The Hall–Kier alpha value is -7.02. The third-order valence-corrected chi connectivity index (χ3v) is 15.5. The first-order valence-electron chi connectivity index (χ1n) is 33.3. The fourth-order valence-electron chi connectivity index (χ4n) is 8.27. The average Bonchev–Trinajstić information content (AvgIpc) is 1.71. The van der Waals surface area contributed by atoms with Gasteiger partial charge in [-0.25, -0.2) is 14.4 Å². The van der Waals surface area contributed by atoms with Gasteiger partial charge in [0.05, 0.1) is 80.5 Å². The molecule has 6 aromatic heterocycles. The van der Waals surface area contributed by atoms with Crippen molar-refractivity contribution in [2.24, 2.45) is 5.41 Å². The molecular weight excluding hydrogens is 1710 g/mol. The summed E-state index contributed by atoms with van der Waals surface area (Å²) in [4.78, 5) is 95.2. The third-order valence-electron chi connectivity index (χ3n) is 12.4. The summed E-state index contributed by atoms with van der Waals surface area (Å²) in [6.07, 6.45) is 19.3. The topological polar surface area (TPSA) is 346 Å². The molecule has 111 heavy (non-hydrogen) atoms. The quantitative estimate of drug-likeness (QED) is 0.0348. The Labute approximate surface area is 714 Å². The summed E-state index contributed by atoms with van der Waals surface area (Å²) in [5, 5.41) is 33.3. The maximum atomic E-state index is 12.1. The summed E-state index contributed by atoms with van der Waals surface area (Å²) < 4.78 is 40.5. The molecule has 4 aliphatic heterocycles. The molecule has 10 heterocycles. The number of carbonyl (C=O) groups excluding carboxylic acids is 6. The molecule has 0 radical (unpaired) electrons. The van der Waals surface area contributed by atoms with Crippen LogP contribution in [0.25, 0.3) is 0 Å². The molecule has 35 heteroatoms. The normalized spacial score (nSPS) is 12.6. The summed E-state index contributed by atoms with van der Waals surface area (Å²) in [6.45, 7) is 37.4. The predicted octanol–water partition coefficient (Wildman–Crippen LogP) is 11.0. The van der Waals surface area contributed by atoms with Gasteiger partial charge >= 0.3 is 37.1 Å². The van der Waals surface area contributed by atoms with E-state index in [1.54, 1.807) is 58.1 Å². The molecule has 0 bridgehead atoms. The molecule has 0 saturated carbocycles. The number of rotatable bonds is 6. The van der Waals surface area contributed by atoms with Gasteiger partial charge in [0.25, 0.3) is 0 Å². The van der Waals surface area contributed by atoms with E-state index in [0.29, 0.717) is 162 Å². The van der Waals surface area contributed by atoms with Crippen LogP contribution in [0.3, 0.4) is 0 Å². The summed E-state index contributed by atoms with van der Waals surface area (Å²) in [6, 6.07) is 4.11. The number of nitrogens with zero attached hydrogens (tertiary/aromatic N) is 11. The maximum Gasteiger partial charge on any atom is 1.00 e. The van der Waals surface area contributed by atoms with Gasteiger partial charge in [-0.15, -0.1) is 0 Å². The number of hydrogen-bond acceptors (Lipinski definition) is 24. The second-order valence-corrected chi connectivity index (χ2v) is 30.8. The molecule has 10 rings (SSSR count). The number of aldehydes is 2. The van der Waals surface area contributed by atoms with Gasteiger partial charge in [-0.3, -0.25) is 44.3 Å². The van der Waals surface area contributed by atoms with Crippen LogP contribution >= 0.6 is 82.6 Å². The Bertz CT molecular complexity index is 3910. The number of ether oxygens (including phenoxy) is 7. The van der Waals surface area contributed by atoms with Crippen molar-refractivity contribution in [3.8, 4) is 35.1 Å². The molecule has 4 aliphatic rings. The Morgan fingerprint density at radius 3 is 1.31 bits per heavy atom. The molecule has 0 spiro atoms. The first-order chi connectivity index (χ1) is 49.8. The number of fused-ring (bicyclic) bond motifs is 4. The van der Waals surface area contributed by atoms with Crippen LogP contribution in [0.15, 0.2) is 87.8 Å². The SMILES string of the molecule is C.C.CC.CC(=O)Cl.CC(C)(C)C.CC(C)(C)OC(=O)N1CCOc2c(Br)cncc2C1.CC(C)(C)OC(=O)N1CCOc2c(C#N)cncc2C1.CC(C)(C)OC(=O)N1CCOc2c(C=O)cncc2C1.N#Cc1cncc2c1OCCNC2.O=Cc1cncc(Br)c1Cl.OCCNCc1cncc(Br)c1Cl.[CH3-].[Cl-].[Li+]. The minimum absolute atomic E-state index is 0. The van der Waals surface area contributed by atoms with E-state index >= 15 is 0 Å². The number of aromatic nitrogens is 6. The van der Waals surface area contributed by atoms with Crippen LogP contribution in [0, 0.1) is 35.5 Å². The van der Waals surface area contributed by atoms with Crippen molar-refractivity contribution in [3.63, 3.8) is 0 Å². The molecule has 0 atom stereocenters. The van der Waals surface area contributed by atoms with Crippen LogP contribution in [0.2, 0.25) is 10.0 Å². The van der Waals surface area contributed by atoms with E-state index in [4.69, 9.17) is 72.0 Å². The first-order valence-corrected chi connectivity index (χ1v) is 36.8. The third kappa shape index (κ3) is 43.7. The van der Waals surface area contributed by atoms with E-state index in [2.05, 4.69) is 134 Å².